The summed E-state index contributed by atoms with van der Waals surface area (Å²) in [5.74, 6) is 0.391. The molecule has 22 heavy (non-hydrogen) atoms. The summed E-state index contributed by atoms with van der Waals surface area (Å²) >= 11 is 0. The molecule has 0 aliphatic carbocycles. The van der Waals surface area contributed by atoms with Gasteiger partial charge >= 0.3 is 0 Å². The van der Waals surface area contributed by atoms with Gasteiger partial charge in [0.1, 0.15) is 19.0 Å². The molecule has 5 nitrogen and oxygen atoms in total. The van der Waals surface area contributed by atoms with E-state index in [1.807, 2.05) is 44.2 Å². The Labute approximate surface area is 130 Å². The lowest BCUT2D eigenvalue weighted by molar-refractivity contribution is -0.121. The van der Waals surface area contributed by atoms with E-state index < -0.39 is 0 Å². The van der Waals surface area contributed by atoms with E-state index in [0.29, 0.717) is 18.0 Å². The van der Waals surface area contributed by atoms with Crippen molar-refractivity contribution in [2.75, 3.05) is 11.9 Å². The largest absolute Gasteiger partial charge is 0.487 e. The molecule has 1 heterocycles. The lowest BCUT2D eigenvalue weighted by atomic mass is 10.2. The van der Waals surface area contributed by atoms with Crippen molar-refractivity contribution in [3.05, 3.63) is 54.4 Å². The van der Waals surface area contributed by atoms with Gasteiger partial charge < -0.3 is 14.8 Å². The van der Waals surface area contributed by atoms with Crippen molar-refractivity contribution in [2.45, 2.75) is 26.6 Å². The van der Waals surface area contributed by atoms with E-state index in [-0.39, 0.29) is 18.6 Å². The third-order valence-corrected chi connectivity index (χ3v) is 2.79. The van der Waals surface area contributed by atoms with E-state index in [1.165, 1.54) is 0 Å². The van der Waals surface area contributed by atoms with Crippen LogP contribution in [0.15, 0.2) is 48.8 Å². The highest BCUT2D eigenvalue weighted by Gasteiger charge is 2.05. The molecule has 0 aliphatic rings. The molecule has 0 spiro atoms. The number of rotatable bonds is 7. The van der Waals surface area contributed by atoms with Crippen molar-refractivity contribution in [1.29, 1.82) is 0 Å². The van der Waals surface area contributed by atoms with Gasteiger partial charge in [0, 0.05) is 6.07 Å². The van der Waals surface area contributed by atoms with E-state index in [0.717, 1.165) is 5.56 Å². The van der Waals surface area contributed by atoms with Gasteiger partial charge in [0.25, 0.3) is 0 Å². The van der Waals surface area contributed by atoms with Gasteiger partial charge in [-0.2, -0.15) is 0 Å². The molecular formula is C17H20N2O3. The van der Waals surface area contributed by atoms with Crippen molar-refractivity contribution in [3.8, 4) is 5.75 Å². The normalized spacial score (nSPS) is 10.5. The van der Waals surface area contributed by atoms with Gasteiger partial charge in [0.05, 0.1) is 24.2 Å². The summed E-state index contributed by atoms with van der Waals surface area (Å²) in [6.07, 6.45) is 3.20. The van der Waals surface area contributed by atoms with Crippen molar-refractivity contribution in [3.63, 3.8) is 0 Å². The Morgan fingerprint density at radius 3 is 2.73 bits per heavy atom. The summed E-state index contributed by atoms with van der Waals surface area (Å²) < 4.78 is 10.9. The maximum Gasteiger partial charge on any atom is 0.250 e. The number of nitrogens with one attached hydrogen (secondary N) is 1. The summed E-state index contributed by atoms with van der Waals surface area (Å²) in [5, 5.41) is 2.73. The van der Waals surface area contributed by atoms with Crippen molar-refractivity contribution < 1.29 is 14.3 Å². The minimum atomic E-state index is -0.212. The zero-order chi connectivity index (χ0) is 15.8. The fourth-order valence-corrected chi connectivity index (χ4v) is 1.75. The number of hydrogen-bond acceptors (Lipinski definition) is 4. The van der Waals surface area contributed by atoms with Crippen LogP contribution in [0.4, 0.5) is 5.69 Å². The lowest BCUT2D eigenvalue weighted by Gasteiger charge is -2.10. The van der Waals surface area contributed by atoms with Crippen molar-refractivity contribution >= 4 is 11.6 Å². The Morgan fingerprint density at radius 2 is 2.00 bits per heavy atom. The van der Waals surface area contributed by atoms with Crippen LogP contribution < -0.4 is 10.1 Å². The third kappa shape index (κ3) is 5.54. The molecule has 116 valence electrons. The molecule has 0 saturated carbocycles. The number of pyridine rings is 1. The predicted molar refractivity (Wildman–Crippen MR) is 84.7 cm³/mol. The zero-order valence-electron chi connectivity index (χ0n) is 12.8. The van der Waals surface area contributed by atoms with Gasteiger partial charge in [-0.15, -0.1) is 0 Å². The molecule has 0 saturated heterocycles. The van der Waals surface area contributed by atoms with Crippen LogP contribution in [-0.4, -0.2) is 23.6 Å². The molecule has 1 aromatic heterocycles. The van der Waals surface area contributed by atoms with Crippen LogP contribution in [-0.2, 0) is 16.1 Å². The molecule has 0 bridgehead atoms. The molecule has 5 heteroatoms. The van der Waals surface area contributed by atoms with Crippen LogP contribution in [0, 0.1) is 0 Å². The van der Waals surface area contributed by atoms with E-state index in [2.05, 4.69) is 10.3 Å². The van der Waals surface area contributed by atoms with Gasteiger partial charge in [-0.3, -0.25) is 9.78 Å². The van der Waals surface area contributed by atoms with E-state index in [4.69, 9.17) is 9.47 Å². The molecule has 0 radical (unpaired) electrons. The van der Waals surface area contributed by atoms with Gasteiger partial charge in [0.2, 0.25) is 5.91 Å². The van der Waals surface area contributed by atoms with Gasteiger partial charge in [-0.1, -0.05) is 30.3 Å². The van der Waals surface area contributed by atoms with E-state index >= 15 is 0 Å². The molecule has 2 aromatic rings. The molecule has 1 amide bonds. The second-order valence-electron chi connectivity index (χ2n) is 5.09. The molecule has 1 N–H and O–H groups in total. The second-order valence-corrected chi connectivity index (χ2v) is 5.09. The average Bonchev–Trinajstić information content (AvgIpc) is 2.52. The van der Waals surface area contributed by atoms with Crippen molar-refractivity contribution in [2.24, 2.45) is 0 Å². The molecule has 1 aromatic carbocycles. The molecule has 0 unspecified atom stereocenters. The first kappa shape index (κ1) is 16.0. The Morgan fingerprint density at radius 1 is 1.23 bits per heavy atom. The SMILES string of the molecule is CC(C)OCC(=O)Nc1cncc(OCc2ccccc2)c1. The Balaban J connectivity index is 1.88. The summed E-state index contributed by atoms with van der Waals surface area (Å²) in [5.41, 5.74) is 1.66. The second kappa shape index (κ2) is 8.14. The summed E-state index contributed by atoms with van der Waals surface area (Å²) in [6.45, 7) is 4.24. The first-order valence-corrected chi connectivity index (χ1v) is 7.16. The Kier molecular flexibility index (Phi) is 5.91. The van der Waals surface area contributed by atoms with Gasteiger partial charge in [-0.25, -0.2) is 0 Å². The van der Waals surface area contributed by atoms with Gasteiger partial charge in [-0.05, 0) is 19.4 Å². The summed E-state index contributed by atoms with van der Waals surface area (Å²) in [4.78, 5) is 15.8. The lowest BCUT2D eigenvalue weighted by Crippen LogP contribution is -2.20. The number of benzene rings is 1. The number of aromatic nitrogens is 1. The summed E-state index contributed by atoms with van der Waals surface area (Å²) in [7, 11) is 0. The Bertz CT molecular complexity index is 600. The zero-order valence-corrected chi connectivity index (χ0v) is 12.8. The van der Waals surface area contributed by atoms with Gasteiger partial charge in [0.15, 0.2) is 0 Å². The van der Waals surface area contributed by atoms with Crippen molar-refractivity contribution in [1.82, 2.24) is 4.98 Å². The number of anilines is 1. The smallest absolute Gasteiger partial charge is 0.250 e. The molecule has 2 rings (SSSR count). The number of carbonyl (C=O) groups is 1. The minimum Gasteiger partial charge on any atom is -0.487 e. The highest BCUT2D eigenvalue weighted by atomic mass is 16.5. The fraction of sp³-hybridized carbons (Fsp3) is 0.294. The maximum absolute atomic E-state index is 11.7. The third-order valence-electron chi connectivity index (χ3n) is 2.79. The van der Waals surface area contributed by atoms with Crippen LogP contribution in [0.3, 0.4) is 0 Å². The van der Waals surface area contributed by atoms with Crippen LogP contribution in [0.2, 0.25) is 0 Å². The molecule has 0 atom stereocenters. The highest BCUT2D eigenvalue weighted by molar-refractivity contribution is 5.91. The average molecular weight is 300 g/mol. The Hall–Kier alpha value is -2.40. The maximum atomic E-state index is 11.7. The minimum absolute atomic E-state index is 0.0180. The topological polar surface area (TPSA) is 60.5 Å². The first-order chi connectivity index (χ1) is 10.6. The molecular weight excluding hydrogens is 280 g/mol. The fourth-order valence-electron chi connectivity index (χ4n) is 1.75. The number of amides is 1. The summed E-state index contributed by atoms with van der Waals surface area (Å²) in [6, 6.07) is 11.6. The monoisotopic (exact) mass is 300 g/mol. The highest BCUT2D eigenvalue weighted by Crippen LogP contribution is 2.16. The van der Waals surface area contributed by atoms with E-state index in [9.17, 15) is 4.79 Å². The number of hydrogen-bond donors (Lipinski definition) is 1. The van der Waals surface area contributed by atoms with E-state index in [1.54, 1.807) is 18.5 Å². The standard InChI is InChI=1S/C17H20N2O3/c1-13(2)21-12-17(20)19-15-8-16(10-18-9-15)22-11-14-6-4-3-5-7-14/h3-10,13H,11-12H2,1-2H3,(H,19,20). The van der Waals surface area contributed by atoms with Crippen LogP contribution in [0.25, 0.3) is 0 Å². The van der Waals surface area contributed by atoms with Crippen LogP contribution >= 0.6 is 0 Å². The van der Waals surface area contributed by atoms with Crippen LogP contribution in [0.5, 0.6) is 5.75 Å². The quantitative estimate of drug-likeness (QED) is 0.854. The molecule has 0 fully saturated rings. The number of nitrogens with zero attached hydrogens (tertiary/aromatic N) is 1. The predicted octanol–water partition coefficient (Wildman–Crippen LogP) is 3.02. The first-order valence-electron chi connectivity index (χ1n) is 7.16. The number of carbonyl (C=O) groups excluding carboxylic acids is 1. The molecule has 0 aliphatic heterocycles. The van der Waals surface area contributed by atoms with Crippen LogP contribution in [0.1, 0.15) is 19.4 Å². The number of ether oxygens (including phenoxy) is 2.